The smallest absolute Gasteiger partial charge is 0.272 e. The molecule has 0 aromatic heterocycles. The first-order valence-corrected chi connectivity index (χ1v) is 8.98. The molecular weight excluding hydrogens is 330 g/mol. The van der Waals surface area contributed by atoms with Gasteiger partial charge in [-0.1, -0.05) is 31.2 Å². The Labute approximate surface area is 140 Å². The van der Waals surface area contributed by atoms with Gasteiger partial charge in [0.15, 0.2) is 0 Å². The van der Waals surface area contributed by atoms with E-state index in [-0.39, 0.29) is 10.6 Å². The fourth-order valence-corrected chi connectivity index (χ4v) is 2.82. The highest BCUT2D eigenvalue weighted by atomic mass is 32.2. The molecule has 0 spiro atoms. The van der Waals surface area contributed by atoms with Gasteiger partial charge in [0.1, 0.15) is 0 Å². The first-order chi connectivity index (χ1) is 11.3. The quantitative estimate of drug-likeness (QED) is 0.588. The number of sulfonamides is 1. The van der Waals surface area contributed by atoms with Crippen molar-refractivity contribution in [1.29, 1.82) is 0 Å². The standard InChI is InChI=1S/C16H19N3O4S/c1-2-12-3-5-13(6-4-12)7-8-18-14-9-15(19(20)21)11-16(10-14)24(17,22)23/h3-6,9-11,18H,2,7-8H2,1H3,(H2,17,22,23). The molecular formula is C16H19N3O4S. The topological polar surface area (TPSA) is 115 Å². The van der Waals surface area contributed by atoms with Crippen LogP contribution in [-0.4, -0.2) is 19.9 Å². The van der Waals surface area contributed by atoms with E-state index in [1.54, 1.807) is 0 Å². The number of nitrogens with one attached hydrogen (secondary N) is 1. The summed E-state index contributed by atoms with van der Waals surface area (Å²) in [5, 5.41) is 19.0. The first kappa shape index (κ1) is 17.9. The summed E-state index contributed by atoms with van der Waals surface area (Å²) in [5.41, 5.74) is 2.40. The molecule has 2 rings (SSSR count). The van der Waals surface area contributed by atoms with Crippen LogP contribution in [0.15, 0.2) is 47.4 Å². The second kappa shape index (κ2) is 7.41. The first-order valence-electron chi connectivity index (χ1n) is 7.43. The van der Waals surface area contributed by atoms with E-state index in [0.29, 0.717) is 18.7 Å². The van der Waals surface area contributed by atoms with Crippen LogP contribution >= 0.6 is 0 Å². The lowest BCUT2D eigenvalue weighted by Gasteiger charge is -2.09. The van der Waals surface area contributed by atoms with Crippen LogP contribution in [0.4, 0.5) is 11.4 Å². The van der Waals surface area contributed by atoms with Crippen LogP contribution in [0.1, 0.15) is 18.1 Å². The minimum absolute atomic E-state index is 0.286. The summed E-state index contributed by atoms with van der Waals surface area (Å²) in [5.74, 6) is 0. The van der Waals surface area contributed by atoms with Crippen molar-refractivity contribution in [2.45, 2.75) is 24.7 Å². The highest BCUT2D eigenvalue weighted by Crippen LogP contribution is 2.23. The fraction of sp³-hybridized carbons (Fsp3) is 0.250. The number of hydrogen-bond donors (Lipinski definition) is 2. The molecule has 3 N–H and O–H groups in total. The third-order valence-corrected chi connectivity index (χ3v) is 4.50. The maximum absolute atomic E-state index is 11.4. The Morgan fingerprint density at radius 1 is 1.12 bits per heavy atom. The van der Waals surface area contributed by atoms with Crippen molar-refractivity contribution in [3.8, 4) is 0 Å². The summed E-state index contributed by atoms with van der Waals surface area (Å²) < 4.78 is 22.9. The summed E-state index contributed by atoms with van der Waals surface area (Å²) in [6, 6.07) is 11.7. The minimum Gasteiger partial charge on any atom is -0.384 e. The fourth-order valence-electron chi connectivity index (χ4n) is 2.25. The zero-order valence-corrected chi connectivity index (χ0v) is 14.0. The van der Waals surface area contributed by atoms with Gasteiger partial charge in [-0.2, -0.15) is 0 Å². The summed E-state index contributed by atoms with van der Waals surface area (Å²) in [4.78, 5) is 9.99. The zero-order chi connectivity index (χ0) is 17.7. The van der Waals surface area contributed by atoms with E-state index in [4.69, 9.17) is 5.14 Å². The molecule has 8 heteroatoms. The molecule has 0 heterocycles. The summed E-state index contributed by atoms with van der Waals surface area (Å²) in [6.07, 6.45) is 1.68. The number of primary sulfonamides is 1. The van der Waals surface area contributed by atoms with Gasteiger partial charge in [0.05, 0.1) is 9.82 Å². The van der Waals surface area contributed by atoms with E-state index in [9.17, 15) is 18.5 Å². The van der Waals surface area contributed by atoms with Gasteiger partial charge >= 0.3 is 0 Å². The van der Waals surface area contributed by atoms with E-state index in [1.165, 1.54) is 17.7 Å². The van der Waals surface area contributed by atoms with Crippen molar-refractivity contribution in [2.24, 2.45) is 5.14 Å². The predicted octanol–water partition coefficient (Wildman–Crippen LogP) is 2.46. The van der Waals surface area contributed by atoms with Crippen molar-refractivity contribution < 1.29 is 13.3 Å². The predicted molar refractivity (Wildman–Crippen MR) is 92.5 cm³/mol. The molecule has 0 saturated heterocycles. The van der Waals surface area contributed by atoms with Gasteiger partial charge in [0, 0.05) is 24.4 Å². The molecule has 0 aliphatic heterocycles. The molecule has 128 valence electrons. The molecule has 2 aromatic rings. The van der Waals surface area contributed by atoms with Crippen LogP contribution in [0.25, 0.3) is 0 Å². The number of benzene rings is 2. The maximum Gasteiger partial charge on any atom is 0.272 e. The van der Waals surface area contributed by atoms with Crippen molar-refractivity contribution in [3.63, 3.8) is 0 Å². The number of nitro benzene ring substituents is 1. The van der Waals surface area contributed by atoms with Crippen LogP contribution in [-0.2, 0) is 22.9 Å². The second-order valence-corrected chi connectivity index (χ2v) is 6.93. The molecule has 0 bridgehead atoms. The van der Waals surface area contributed by atoms with Crippen molar-refractivity contribution in [3.05, 3.63) is 63.7 Å². The summed E-state index contributed by atoms with van der Waals surface area (Å²) in [7, 11) is -4.01. The molecule has 7 nitrogen and oxygen atoms in total. The molecule has 0 aliphatic rings. The van der Waals surface area contributed by atoms with Gasteiger partial charge in [-0.3, -0.25) is 10.1 Å². The van der Waals surface area contributed by atoms with Crippen molar-refractivity contribution >= 4 is 21.4 Å². The Morgan fingerprint density at radius 2 is 1.75 bits per heavy atom. The average Bonchev–Trinajstić information content (AvgIpc) is 2.54. The van der Waals surface area contributed by atoms with Gasteiger partial charge in [0.2, 0.25) is 10.0 Å². The Balaban J connectivity index is 2.10. The zero-order valence-electron chi connectivity index (χ0n) is 13.2. The van der Waals surface area contributed by atoms with Gasteiger partial charge in [-0.15, -0.1) is 0 Å². The molecule has 0 aliphatic carbocycles. The number of non-ortho nitro benzene ring substituents is 1. The Hall–Kier alpha value is -2.45. The third kappa shape index (κ3) is 4.77. The molecule has 2 aromatic carbocycles. The van der Waals surface area contributed by atoms with Crippen LogP contribution < -0.4 is 10.5 Å². The number of rotatable bonds is 7. The van der Waals surface area contributed by atoms with Crippen LogP contribution in [0.2, 0.25) is 0 Å². The van der Waals surface area contributed by atoms with Crippen molar-refractivity contribution in [1.82, 2.24) is 0 Å². The largest absolute Gasteiger partial charge is 0.384 e. The number of nitrogens with zero attached hydrogens (tertiary/aromatic N) is 1. The monoisotopic (exact) mass is 349 g/mol. The Kier molecular flexibility index (Phi) is 5.53. The van der Waals surface area contributed by atoms with E-state index < -0.39 is 14.9 Å². The van der Waals surface area contributed by atoms with E-state index in [0.717, 1.165) is 18.1 Å². The molecule has 24 heavy (non-hydrogen) atoms. The summed E-state index contributed by atoms with van der Waals surface area (Å²) >= 11 is 0. The van der Waals surface area contributed by atoms with Crippen LogP contribution in [0.3, 0.4) is 0 Å². The maximum atomic E-state index is 11.4. The number of nitro groups is 1. The lowest BCUT2D eigenvalue weighted by Crippen LogP contribution is -2.13. The lowest BCUT2D eigenvalue weighted by molar-refractivity contribution is -0.385. The van der Waals surface area contributed by atoms with Gasteiger partial charge < -0.3 is 5.32 Å². The number of nitrogens with two attached hydrogens (primary N) is 1. The highest BCUT2D eigenvalue weighted by molar-refractivity contribution is 7.89. The number of anilines is 1. The third-order valence-electron chi connectivity index (χ3n) is 3.60. The molecule has 0 unspecified atom stereocenters. The normalized spacial score (nSPS) is 11.2. The van der Waals surface area contributed by atoms with E-state index in [2.05, 4.69) is 24.4 Å². The van der Waals surface area contributed by atoms with Crippen LogP contribution in [0.5, 0.6) is 0 Å². The minimum atomic E-state index is -4.01. The molecule has 0 amide bonds. The molecule has 0 saturated carbocycles. The summed E-state index contributed by atoms with van der Waals surface area (Å²) in [6.45, 7) is 2.60. The molecule has 0 atom stereocenters. The van der Waals surface area contributed by atoms with Gasteiger partial charge in [0.25, 0.3) is 5.69 Å². The van der Waals surface area contributed by atoms with E-state index >= 15 is 0 Å². The second-order valence-electron chi connectivity index (χ2n) is 5.36. The Morgan fingerprint density at radius 3 is 2.29 bits per heavy atom. The van der Waals surface area contributed by atoms with Crippen molar-refractivity contribution in [2.75, 3.05) is 11.9 Å². The Bertz CT molecular complexity index is 833. The molecule has 0 radical (unpaired) electrons. The SMILES string of the molecule is CCc1ccc(CCNc2cc([N+](=O)[O-])cc(S(N)(=O)=O)c2)cc1. The van der Waals surface area contributed by atoms with Gasteiger partial charge in [-0.05, 0) is 30.0 Å². The number of aryl methyl sites for hydroxylation is 1. The highest BCUT2D eigenvalue weighted by Gasteiger charge is 2.16. The lowest BCUT2D eigenvalue weighted by atomic mass is 10.1. The van der Waals surface area contributed by atoms with Gasteiger partial charge in [-0.25, -0.2) is 13.6 Å². The number of hydrogen-bond acceptors (Lipinski definition) is 5. The average molecular weight is 349 g/mol. The van der Waals surface area contributed by atoms with Crippen LogP contribution in [0, 0.1) is 10.1 Å². The van der Waals surface area contributed by atoms with E-state index in [1.807, 2.05) is 12.1 Å². The molecule has 0 fully saturated rings.